The second kappa shape index (κ2) is 6.23. The first-order valence-electron chi connectivity index (χ1n) is 5.89. The number of halogens is 3. The van der Waals surface area contributed by atoms with E-state index in [0.717, 1.165) is 18.3 Å². The SMILES string of the molecule is O=C(NCC(O)c1ccsc1)c1ccc(C(F)(F)F)nc1. The van der Waals surface area contributed by atoms with E-state index in [-0.39, 0.29) is 12.1 Å². The van der Waals surface area contributed by atoms with Crippen molar-refractivity contribution in [2.45, 2.75) is 12.3 Å². The molecule has 0 aromatic carbocycles. The van der Waals surface area contributed by atoms with Crippen molar-refractivity contribution in [3.05, 3.63) is 52.0 Å². The lowest BCUT2D eigenvalue weighted by Crippen LogP contribution is -2.28. The molecule has 0 aliphatic rings. The molecule has 0 saturated carbocycles. The maximum atomic E-state index is 12.3. The maximum absolute atomic E-state index is 12.3. The Bertz CT molecular complexity index is 597. The molecule has 1 atom stereocenters. The summed E-state index contributed by atoms with van der Waals surface area (Å²) in [5.41, 5.74) is -0.385. The van der Waals surface area contributed by atoms with Gasteiger partial charge in [-0.1, -0.05) is 0 Å². The Kier molecular flexibility index (Phi) is 4.59. The number of nitrogens with one attached hydrogen (secondary N) is 1. The van der Waals surface area contributed by atoms with Crippen LogP contribution in [-0.2, 0) is 6.18 Å². The number of rotatable bonds is 4. The number of amides is 1. The van der Waals surface area contributed by atoms with Gasteiger partial charge < -0.3 is 10.4 Å². The molecule has 8 heteroatoms. The second-order valence-electron chi connectivity index (χ2n) is 4.21. The van der Waals surface area contributed by atoms with Gasteiger partial charge in [0.2, 0.25) is 0 Å². The number of alkyl halides is 3. The van der Waals surface area contributed by atoms with Gasteiger partial charge in [0.15, 0.2) is 0 Å². The second-order valence-corrected chi connectivity index (χ2v) is 4.99. The van der Waals surface area contributed by atoms with Crippen LogP contribution in [0.3, 0.4) is 0 Å². The molecule has 2 aromatic rings. The smallest absolute Gasteiger partial charge is 0.387 e. The Hall–Kier alpha value is -1.93. The highest BCUT2D eigenvalue weighted by Crippen LogP contribution is 2.27. The van der Waals surface area contributed by atoms with Crippen molar-refractivity contribution < 1.29 is 23.1 Å². The van der Waals surface area contributed by atoms with E-state index in [1.165, 1.54) is 11.3 Å². The predicted octanol–water partition coefficient (Wildman–Crippen LogP) is 2.63. The molecule has 1 amide bonds. The number of aliphatic hydroxyl groups excluding tert-OH is 1. The summed E-state index contributed by atoms with van der Waals surface area (Å²) in [6.07, 6.45) is -4.54. The van der Waals surface area contributed by atoms with E-state index in [1.54, 1.807) is 16.8 Å². The van der Waals surface area contributed by atoms with E-state index in [4.69, 9.17) is 0 Å². The third kappa shape index (κ3) is 4.02. The Balaban J connectivity index is 1.94. The summed E-state index contributed by atoms with van der Waals surface area (Å²) in [7, 11) is 0. The van der Waals surface area contributed by atoms with Gasteiger partial charge in [0.05, 0.1) is 11.7 Å². The minimum absolute atomic E-state index is 0.000480. The molecule has 2 heterocycles. The summed E-state index contributed by atoms with van der Waals surface area (Å²) >= 11 is 1.41. The largest absolute Gasteiger partial charge is 0.433 e. The number of aromatic nitrogens is 1. The quantitative estimate of drug-likeness (QED) is 0.911. The monoisotopic (exact) mass is 316 g/mol. The molecule has 0 bridgehead atoms. The number of hydrogen-bond donors (Lipinski definition) is 2. The number of nitrogens with zero attached hydrogens (tertiary/aromatic N) is 1. The molecule has 0 radical (unpaired) electrons. The highest BCUT2D eigenvalue weighted by atomic mass is 32.1. The van der Waals surface area contributed by atoms with Crippen LogP contribution in [-0.4, -0.2) is 22.5 Å². The fourth-order valence-corrected chi connectivity index (χ4v) is 2.28. The number of carbonyl (C=O) groups is 1. The van der Waals surface area contributed by atoms with Gasteiger partial charge in [0.25, 0.3) is 5.91 Å². The average Bonchev–Trinajstić information content (AvgIpc) is 2.98. The van der Waals surface area contributed by atoms with Crippen LogP contribution in [0, 0.1) is 0 Å². The van der Waals surface area contributed by atoms with Crippen LogP contribution in [0.25, 0.3) is 0 Å². The van der Waals surface area contributed by atoms with Crippen LogP contribution in [0.1, 0.15) is 27.7 Å². The Morgan fingerprint density at radius 1 is 1.38 bits per heavy atom. The normalized spacial score (nSPS) is 13.0. The molecule has 2 N–H and O–H groups in total. The predicted molar refractivity (Wildman–Crippen MR) is 70.9 cm³/mol. The van der Waals surface area contributed by atoms with Crippen molar-refractivity contribution >= 4 is 17.2 Å². The van der Waals surface area contributed by atoms with E-state index in [1.807, 2.05) is 0 Å². The van der Waals surface area contributed by atoms with Gasteiger partial charge in [-0.25, -0.2) is 0 Å². The van der Waals surface area contributed by atoms with Crippen LogP contribution >= 0.6 is 11.3 Å². The first-order valence-corrected chi connectivity index (χ1v) is 6.84. The van der Waals surface area contributed by atoms with Gasteiger partial charge in [0.1, 0.15) is 5.69 Å². The zero-order chi connectivity index (χ0) is 15.5. The fourth-order valence-electron chi connectivity index (χ4n) is 1.57. The average molecular weight is 316 g/mol. The highest BCUT2D eigenvalue weighted by Gasteiger charge is 2.32. The molecule has 2 rings (SSSR count). The number of carbonyl (C=O) groups excluding carboxylic acids is 1. The molecule has 0 aliphatic carbocycles. The van der Waals surface area contributed by atoms with Crippen molar-refractivity contribution in [1.82, 2.24) is 10.3 Å². The van der Waals surface area contributed by atoms with Crippen molar-refractivity contribution in [3.8, 4) is 0 Å². The van der Waals surface area contributed by atoms with E-state index in [2.05, 4.69) is 10.3 Å². The van der Waals surface area contributed by atoms with E-state index in [0.29, 0.717) is 5.56 Å². The summed E-state index contributed by atoms with van der Waals surface area (Å²) in [4.78, 5) is 14.9. The Morgan fingerprint density at radius 3 is 2.67 bits per heavy atom. The zero-order valence-electron chi connectivity index (χ0n) is 10.6. The van der Waals surface area contributed by atoms with Crippen LogP contribution in [0.15, 0.2) is 35.2 Å². The number of thiophene rings is 1. The molecule has 0 fully saturated rings. The summed E-state index contributed by atoms with van der Waals surface area (Å²) < 4.78 is 37.0. The van der Waals surface area contributed by atoms with Gasteiger partial charge in [-0.15, -0.1) is 0 Å². The lowest BCUT2D eigenvalue weighted by Gasteiger charge is -2.11. The summed E-state index contributed by atoms with van der Waals surface area (Å²) in [5, 5.41) is 15.8. The minimum Gasteiger partial charge on any atom is -0.387 e. The molecular formula is C13H11F3N2O2S. The first kappa shape index (κ1) is 15.5. The van der Waals surface area contributed by atoms with Crippen LogP contribution < -0.4 is 5.32 Å². The third-order valence-corrected chi connectivity index (χ3v) is 3.40. The zero-order valence-corrected chi connectivity index (χ0v) is 11.4. The maximum Gasteiger partial charge on any atom is 0.433 e. The van der Waals surface area contributed by atoms with Crippen molar-refractivity contribution in [3.63, 3.8) is 0 Å². The summed E-state index contributed by atoms with van der Waals surface area (Å²) in [6.45, 7) is -0.0312. The van der Waals surface area contributed by atoms with E-state index < -0.39 is 23.9 Å². The molecule has 4 nitrogen and oxygen atoms in total. The number of hydrogen-bond acceptors (Lipinski definition) is 4. The molecule has 2 aromatic heterocycles. The standard InChI is InChI=1S/C13H11F3N2O2S/c14-13(15,16)11-2-1-8(5-17-11)12(20)18-6-10(19)9-3-4-21-7-9/h1-5,7,10,19H,6H2,(H,18,20). The lowest BCUT2D eigenvalue weighted by atomic mass is 10.2. The fraction of sp³-hybridized carbons (Fsp3) is 0.231. The first-order chi connectivity index (χ1) is 9.88. The molecule has 1 unspecified atom stereocenters. The van der Waals surface area contributed by atoms with E-state index in [9.17, 15) is 23.1 Å². The molecular weight excluding hydrogens is 305 g/mol. The van der Waals surface area contributed by atoms with Crippen LogP contribution in [0.5, 0.6) is 0 Å². The summed E-state index contributed by atoms with van der Waals surface area (Å²) in [6, 6.07) is 3.51. The van der Waals surface area contributed by atoms with Crippen LogP contribution in [0.4, 0.5) is 13.2 Å². The molecule has 112 valence electrons. The number of aliphatic hydroxyl groups is 1. The lowest BCUT2D eigenvalue weighted by molar-refractivity contribution is -0.141. The van der Waals surface area contributed by atoms with Crippen LogP contribution in [0.2, 0.25) is 0 Å². The summed E-state index contributed by atoms with van der Waals surface area (Å²) in [5.74, 6) is -0.592. The van der Waals surface area contributed by atoms with Gasteiger partial charge in [-0.05, 0) is 34.5 Å². The molecule has 0 saturated heterocycles. The van der Waals surface area contributed by atoms with Gasteiger partial charge in [-0.3, -0.25) is 9.78 Å². The third-order valence-electron chi connectivity index (χ3n) is 2.70. The highest BCUT2D eigenvalue weighted by molar-refractivity contribution is 7.07. The topological polar surface area (TPSA) is 62.2 Å². The minimum atomic E-state index is -4.54. The van der Waals surface area contributed by atoms with Crippen molar-refractivity contribution in [2.24, 2.45) is 0 Å². The van der Waals surface area contributed by atoms with Gasteiger partial charge >= 0.3 is 6.18 Å². The Labute approximate surface area is 122 Å². The van der Waals surface area contributed by atoms with Gasteiger partial charge in [-0.2, -0.15) is 24.5 Å². The molecule has 0 aliphatic heterocycles. The van der Waals surface area contributed by atoms with E-state index >= 15 is 0 Å². The van der Waals surface area contributed by atoms with Crippen molar-refractivity contribution in [1.29, 1.82) is 0 Å². The Morgan fingerprint density at radius 2 is 2.14 bits per heavy atom. The molecule has 21 heavy (non-hydrogen) atoms. The van der Waals surface area contributed by atoms with Crippen molar-refractivity contribution in [2.75, 3.05) is 6.54 Å². The number of pyridine rings is 1. The molecule has 0 spiro atoms. The van der Waals surface area contributed by atoms with Gasteiger partial charge in [0, 0.05) is 12.7 Å².